The maximum atomic E-state index is 11.7. The normalized spacial score (nSPS) is 16.6. The number of hydrogen-bond acceptors (Lipinski definition) is 3. The Morgan fingerprint density at radius 2 is 1.76 bits per heavy atom. The van der Waals surface area contributed by atoms with Gasteiger partial charge in [0.25, 0.3) is 0 Å². The first-order valence-corrected chi connectivity index (χ1v) is 6.75. The van der Waals surface area contributed by atoms with Gasteiger partial charge in [-0.1, -0.05) is 30.3 Å². The SMILES string of the molecule is CC(C)(C(=O)O)C1c2ccccc2Oc2c(O)cccc21. The Labute approximate surface area is 122 Å². The molecular weight excluding hydrogens is 268 g/mol. The average molecular weight is 284 g/mol. The fraction of sp³-hybridized carbons (Fsp3) is 0.235. The molecule has 0 saturated heterocycles. The van der Waals surface area contributed by atoms with Crippen LogP contribution in [-0.4, -0.2) is 16.2 Å². The quantitative estimate of drug-likeness (QED) is 0.881. The molecule has 4 nitrogen and oxygen atoms in total. The molecule has 1 heterocycles. The second kappa shape index (κ2) is 4.52. The number of aliphatic carboxylic acids is 1. The molecule has 1 aliphatic rings. The third-order valence-electron chi connectivity index (χ3n) is 4.05. The summed E-state index contributed by atoms with van der Waals surface area (Å²) in [6.45, 7) is 3.38. The van der Waals surface area contributed by atoms with Crippen molar-refractivity contribution < 1.29 is 19.7 Å². The summed E-state index contributed by atoms with van der Waals surface area (Å²) < 4.78 is 5.77. The third kappa shape index (κ3) is 1.95. The Morgan fingerprint density at radius 3 is 2.48 bits per heavy atom. The standard InChI is InChI=1S/C17H16O4/c1-17(2,16(19)20)14-10-6-3-4-9-13(10)21-15-11(14)7-5-8-12(15)18/h3-9,14,18H,1-2H3,(H,19,20). The van der Waals surface area contributed by atoms with Crippen molar-refractivity contribution in [2.75, 3.05) is 0 Å². The maximum Gasteiger partial charge on any atom is 0.310 e. The number of carbonyl (C=O) groups is 1. The molecule has 0 bridgehead atoms. The maximum absolute atomic E-state index is 11.7. The molecule has 3 rings (SSSR count). The molecule has 0 radical (unpaired) electrons. The number of phenolic OH excluding ortho intramolecular Hbond substituents is 1. The van der Waals surface area contributed by atoms with Crippen LogP contribution in [0.25, 0.3) is 0 Å². The van der Waals surface area contributed by atoms with Gasteiger partial charge in [-0.15, -0.1) is 0 Å². The van der Waals surface area contributed by atoms with Crippen molar-refractivity contribution >= 4 is 5.97 Å². The zero-order chi connectivity index (χ0) is 15.2. The first-order chi connectivity index (χ1) is 9.93. The molecule has 0 fully saturated rings. The highest BCUT2D eigenvalue weighted by molar-refractivity contribution is 5.78. The Balaban J connectivity index is 2.29. The van der Waals surface area contributed by atoms with Gasteiger partial charge in [0, 0.05) is 17.0 Å². The van der Waals surface area contributed by atoms with E-state index in [1.807, 2.05) is 18.2 Å². The molecular formula is C17H16O4. The van der Waals surface area contributed by atoms with E-state index in [2.05, 4.69) is 0 Å². The minimum absolute atomic E-state index is 0.0215. The second-order valence-electron chi connectivity index (χ2n) is 5.80. The van der Waals surface area contributed by atoms with Crippen molar-refractivity contribution in [3.63, 3.8) is 0 Å². The average Bonchev–Trinajstić information content (AvgIpc) is 2.45. The first-order valence-electron chi connectivity index (χ1n) is 6.75. The number of carboxylic acid groups (broad SMARTS) is 1. The number of para-hydroxylation sites is 2. The molecule has 1 unspecified atom stereocenters. The molecule has 0 saturated carbocycles. The fourth-order valence-corrected chi connectivity index (χ4v) is 2.87. The van der Waals surface area contributed by atoms with Crippen molar-refractivity contribution in [1.29, 1.82) is 0 Å². The third-order valence-corrected chi connectivity index (χ3v) is 4.05. The Kier molecular flexibility index (Phi) is 2.90. The van der Waals surface area contributed by atoms with E-state index < -0.39 is 11.4 Å². The van der Waals surface area contributed by atoms with E-state index in [-0.39, 0.29) is 11.7 Å². The van der Waals surface area contributed by atoms with Crippen LogP contribution in [0.15, 0.2) is 42.5 Å². The van der Waals surface area contributed by atoms with Crippen molar-refractivity contribution in [2.24, 2.45) is 5.41 Å². The first kappa shape index (κ1) is 13.5. The number of fused-ring (bicyclic) bond motifs is 2. The van der Waals surface area contributed by atoms with Crippen LogP contribution in [-0.2, 0) is 4.79 Å². The summed E-state index contributed by atoms with van der Waals surface area (Å²) in [6, 6.07) is 12.4. The summed E-state index contributed by atoms with van der Waals surface area (Å²) in [4.78, 5) is 11.7. The van der Waals surface area contributed by atoms with Gasteiger partial charge < -0.3 is 14.9 Å². The molecule has 2 aromatic rings. The van der Waals surface area contributed by atoms with Crippen LogP contribution < -0.4 is 4.74 Å². The van der Waals surface area contributed by atoms with Crippen LogP contribution in [0.4, 0.5) is 0 Å². The van der Waals surface area contributed by atoms with Crippen molar-refractivity contribution in [2.45, 2.75) is 19.8 Å². The van der Waals surface area contributed by atoms with Gasteiger partial charge >= 0.3 is 5.97 Å². The van der Waals surface area contributed by atoms with Crippen molar-refractivity contribution in [3.05, 3.63) is 53.6 Å². The zero-order valence-electron chi connectivity index (χ0n) is 11.8. The van der Waals surface area contributed by atoms with Gasteiger partial charge in [0.05, 0.1) is 5.41 Å². The summed E-state index contributed by atoms with van der Waals surface area (Å²) >= 11 is 0. The topological polar surface area (TPSA) is 66.8 Å². The Bertz CT molecular complexity index is 718. The monoisotopic (exact) mass is 284 g/mol. The molecule has 1 atom stereocenters. The largest absolute Gasteiger partial charge is 0.504 e. The van der Waals surface area contributed by atoms with Crippen LogP contribution in [0.2, 0.25) is 0 Å². The van der Waals surface area contributed by atoms with Gasteiger partial charge in [0.1, 0.15) is 5.75 Å². The van der Waals surface area contributed by atoms with E-state index in [0.717, 1.165) is 5.56 Å². The van der Waals surface area contributed by atoms with Gasteiger partial charge in [0.2, 0.25) is 0 Å². The fourth-order valence-electron chi connectivity index (χ4n) is 2.87. The Morgan fingerprint density at radius 1 is 1.10 bits per heavy atom. The summed E-state index contributed by atoms with van der Waals surface area (Å²) in [5.74, 6) is -0.324. The molecule has 2 N–H and O–H groups in total. The number of aromatic hydroxyl groups is 1. The minimum Gasteiger partial charge on any atom is -0.504 e. The van der Waals surface area contributed by atoms with E-state index in [0.29, 0.717) is 17.1 Å². The number of rotatable bonds is 2. The number of ether oxygens (including phenoxy) is 1. The second-order valence-corrected chi connectivity index (χ2v) is 5.80. The Hall–Kier alpha value is -2.49. The van der Waals surface area contributed by atoms with E-state index in [4.69, 9.17) is 4.74 Å². The van der Waals surface area contributed by atoms with E-state index in [1.54, 1.807) is 32.0 Å². The predicted octanol–water partition coefficient (Wildman–Crippen LogP) is 3.74. The lowest BCUT2D eigenvalue weighted by atomic mass is 9.70. The number of hydrogen-bond donors (Lipinski definition) is 2. The van der Waals surface area contributed by atoms with Crippen LogP contribution in [0.1, 0.15) is 30.9 Å². The van der Waals surface area contributed by atoms with E-state index in [1.165, 1.54) is 6.07 Å². The van der Waals surface area contributed by atoms with Crippen LogP contribution in [0.5, 0.6) is 17.2 Å². The van der Waals surface area contributed by atoms with Crippen LogP contribution >= 0.6 is 0 Å². The van der Waals surface area contributed by atoms with Gasteiger partial charge in [0.15, 0.2) is 11.5 Å². The highest BCUT2D eigenvalue weighted by Gasteiger charge is 2.44. The number of carboxylic acids is 1. The lowest BCUT2D eigenvalue weighted by molar-refractivity contribution is -0.147. The molecule has 108 valence electrons. The van der Waals surface area contributed by atoms with Gasteiger partial charge in [-0.25, -0.2) is 0 Å². The molecule has 0 spiro atoms. The van der Waals surface area contributed by atoms with Gasteiger partial charge in [-0.2, -0.15) is 0 Å². The van der Waals surface area contributed by atoms with Gasteiger partial charge in [-0.05, 0) is 26.0 Å². The number of phenols is 1. The summed E-state index contributed by atoms with van der Waals surface area (Å²) in [7, 11) is 0. The predicted molar refractivity (Wildman–Crippen MR) is 77.9 cm³/mol. The molecule has 4 heteroatoms. The molecule has 0 aromatic heterocycles. The lowest BCUT2D eigenvalue weighted by Gasteiger charge is -2.36. The molecule has 2 aromatic carbocycles. The molecule has 0 amide bonds. The molecule has 1 aliphatic heterocycles. The number of benzene rings is 2. The highest BCUT2D eigenvalue weighted by atomic mass is 16.5. The van der Waals surface area contributed by atoms with E-state index in [9.17, 15) is 15.0 Å². The molecule has 21 heavy (non-hydrogen) atoms. The zero-order valence-corrected chi connectivity index (χ0v) is 11.8. The molecule has 0 aliphatic carbocycles. The smallest absolute Gasteiger partial charge is 0.310 e. The van der Waals surface area contributed by atoms with Gasteiger partial charge in [-0.3, -0.25) is 4.79 Å². The van der Waals surface area contributed by atoms with E-state index >= 15 is 0 Å². The highest BCUT2D eigenvalue weighted by Crippen LogP contribution is 2.54. The van der Waals surface area contributed by atoms with Crippen molar-refractivity contribution in [1.82, 2.24) is 0 Å². The summed E-state index contributed by atoms with van der Waals surface area (Å²) in [5.41, 5.74) is 0.492. The lowest BCUT2D eigenvalue weighted by Crippen LogP contribution is -2.33. The van der Waals surface area contributed by atoms with Crippen LogP contribution in [0, 0.1) is 5.41 Å². The van der Waals surface area contributed by atoms with Crippen molar-refractivity contribution in [3.8, 4) is 17.2 Å². The van der Waals surface area contributed by atoms with Crippen LogP contribution in [0.3, 0.4) is 0 Å². The summed E-state index contributed by atoms with van der Waals surface area (Å²) in [5, 5.41) is 19.6. The summed E-state index contributed by atoms with van der Waals surface area (Å²) in [6.07, 6.45) is 0. The minimum atomic E-state index is -1.03.